The highest BCUT2D eigenvalue weighted by Gasteiger charge is 2.16. The first-order valence-corrected chi connectivity index (χ1v) is 7.18. The minimum absolute atomic E-state index is 0.229. The summed E-state index contributed by atoms with van der Waals surface area (Å²) in [4.78, 5) is 0. The summed E-state index contributed by atoms with van der Waals surface area (Å²) in [6, 6.07) is 4.27. The Labute approximate surface area is 116 Å². The minimum Gasteiger partial charge on any atom is -0.493 e. The van der Waals surface area contributed by atoms with Gasteiger partial charge in [-0.2, -0.15) is 0 Å². The molecule has 0 bridgehead atoms. The van der Waals surface area contributed by atoms with Crippen LogP contribution in [-0.2, 0) is 13.0 Å². The van der Waals surface area contributed by atoms with E-state index >= 15 is 0 Å². The van der Waals surface area contributed by atoms with Crippen LogP contribution in [0.4, 0.5) is 0 Å². The third-order valence-electron chi connectivity index (χ3n) is 2.86. The van der Waals surface area contributed by atoms with Gasteiger partial charge in [0.1, 0.15) is 5.75 Å². The zero-order chi connectivity index (χ0) is 12.3. The SMILES string of the molecule is CC(Cl)CCNCc1cc(Br)cc2c1OCC2. The van der Waals surface area contributed by atoms with Gasteiger partial charge in [-0.1, -0.05) is 15.9 Å². The maximum absolute atomic E-state index is 5.91. The fourth-order valence-electron chi connectivity index (χ4n) is 2.00. The van der Waals surface area contributed by atoms with Crippen LogP contribution in [0.25, 0.3) is 0 Å². The largest absolute Gasteiger partial charge is 0.493 e. The standard InChI is InChI=1S/C13H17BrClNO/c1-9(15)2-4-16-8-11-7-12(14)6-10-3-5-17-13(10)11/h6-7,9,16H,2-5,8H2,1H3. The van der Waals surface area contributed by atoms with Crippen molar-refractivity contribution in [1.29, 1.82) is 0 Å². The van der Waals surface area contributed by atoms with E-state index in [1.807, 2.05) is 6.92 Å². The lowest BCUT2D eigenvalue weighted by Crippen LogP contribution is -2.17. The summed E-state index contributed by atoms with van der Waals surface area (Å²) in [6.45, 7) is 4.60. The van der Waals surface area contributed by atoms with Gasteiger partial charge in [-0.25, -0.2) is 0 Å². The third-order valence-corrected chi connectivity index (χ3v) is 3.54. The summed E-state index contributed by atoms with van der Waals surface area (Å²) in [7, 11) is 0. The number of fused-ring (bicyclic) bond motifs is 1. The lowest BCUT2D eigenvalue weighted by Gasteiger charge is -2.10. The van der Waals surface area contributed by atoms with Gasteiger partial charge in [0.2, 0.25) is 0 Å². The fourth-order valence-corrected chi connectivity index (χ4v) is 2.66. The van der Waals surface area contributed by atoms with Crippen molar-refractivity contribution in [3.63, 3.8) is 0 Å². The van der Waals surface area contributed by atoms with Gasteiger partial charge in [-0.05, 0) is 37.6 Å². The monoisotopic (exact) mass is 317 g/mol. The molecule has 4 heteroatoms. The topological polar surface area (TPSA) is 21.3 Å². The summed E-state index contributed by atoms with van der Waals surface area (Å²) >= 11 is 9.45. The summed E-state index contributed by atoms with van der Waals surface area (Å²) in [5, 5.41) is 3.63. The van der Waals surface area contributed by atoms with Gasteiger partial charge in [-0.3, -0.25) is 0 Å². The zero-order valence-electron chi connectivity index (χ0n) is 9.93. The van der Waals surface area contributed by atoms with E-state index in [9.17, 15) is 0 Å². The number of hydrogen-bond donors (Lipinski definition) is 1. The van der Waals surface area contributed by atoms with Gasteiger partial charge in [0.15, 0.2) is 0 Å². The van der Waals surface area contributed by atoms with Crippen LogP contribution >= 0.6 is 27.5 Å². The lowest BCUT2D eigenvalue weighted by molar-refractivity contribution is 0.352. The lowest BCUT2D eigenvalue weighted by atomic mass is 10.1. The number of halogens is 2. The predicted molar refractivity (Wildman–Crippen MR) is 75.0 cm³/mol. The molecule has 0 spiro atoms. The second kappa shape index (κ2) is 6.07. The van der Waals surface area contributed by atoms with E-state index in [0.717, 1.165) is 42.8 Å². The Hall–Kier alpha value is -0.250. The molecule has 2 rings (SSSR count). The van der Waals surface area contributed by atoms with Crippen LogP contribution in [0.5, 0.6) is 5.75 Å². The average molecular weight is 319 g/mol. The highest BCUT2D eigenvalue weighted by atomic mass is 79.9. The van der Waals surface area contributed by atoms with E-state index in [-0.39, 0.29) is 5.38 Å². The number of nitrogens with one attached hydrogen (secondary N) is 1. The Kier molecular flexibility index (Phi) is 4.71. The van der Waals surface area contributed by atoms with Crippen LogP contribution in [0, 0.1) is 0 Å². The van der Waals surface area contributed by atoms with E-state index < -0.39 is 0 Å². The van der Waals surface area contributed by atoms with Gasteiger partial charge < -0.3 is 10.1 Å². The molecule has 0 aliphatic carbocycles. The number of hydrogen-bond acceptors (Lipinski definition) is 2. The molecule has 94 valence electrons. The molecule has 1 aliphatic rings. The van der Waals surface area contributed by atoms with Crippen molar-refractivity contribution in [2.45, 2.75) is 31.7 Å². The van der Waals surface area contributed by atoms with E-state index in [1.54, 1.807) is 0 Å². The molecule has 0 fully saturated rings. The summed E-state index contributed by atoms with van der Waals surface area (Å²) in [5.74, 6) is 1.07. The number of ether oxygens (including phenoxy) is 1. The van der Waals surface area contributed by atoms with Crippen LogP contribution in [0.2, 0.25) is 0 Å². The molecule has 0 saturated heterocycles. The maximum atomic E-state index is 5.91. The van der Waals surface area contributed by atoms with E-state index in [4.69, 9.17) is 16.3 Å². The van der Waals surface area contributed by atoms with Crippen LogP contribution in [0.1, 0.15) is 24.5 Å². The van der Waals surface area contributed by atoms with Crippen LogP contribution in [0.3, 0.4) is 0 Å². The van der Waals surface area contributed by atoms with Crippen LogP contribution in [0.15, 0.2) is 16.6 Å². The Morgan fingerprint density at radius 1 is 1.53 bits per heavy atom. The normalized spacial score (nSPS) is 15.5. The van der Waals surface area contributed by atoms with Gasteiger partial charge in [0.05, 0.1) is 6.61 Å². The zero-order valence-corrected chi connectivity index (χ0v) is 12.3. The molecule has 1 N–H and O–H groups in total. The first-order chi connectivity index (χ1) is 8.16. The van der Waals surface area contributed by atoms with E-state index in [0.29, 0.717) is 0 Å². The van der Waals surface area contributed by atoms with Crippen molar-refractivity contribution in [1.82, 2.24) is 5.32 Å². The predicted octanol–water partition coefficient (Wildman–Crippen LogP) is 3.49. The first kappa shape index (κ1) is 13.2. The Bertz CT molecular complexity index is 395. The second-order valence-electron chi connectivity index (χ2n) is 4.40. The Morgan fingerprint density at radius 2 is 2.35 bits per heavy atom. The quantitative estimate of drug-likeness (QED) is 0.663. The van der Waals surface area contributed by atoms with Crippen LogP contribution < -0.4 is 10.1 Å². The van der Waals surface area contributed by atoms with Crippen molar-refractivity contribution >= 4 is 27.5 Å². The molecule has 17 heavy (non-hydrogen) atoms. The molecule has 1 unspecified atom stereocenters. The van der Waals surface area contributed by atoms with Gasteiger partial charge in [0, 0.05) is 28.4 Å². The van der Waals surface area contributed by atoms with Gasteiger partial charge >= 0.3 is 0 Å². The summed E-state index contributed by atoms with van der Waals surface area (Å²) in [6.07, 6.45) is 2.00. The summed E-state index contributed by atoms with van der Waals surface area (Å²) in [5.41, 5.74) is 2.54. The molecular weight excluding hydrogens is 302 g/mol. The molecule has 0 amide bonds. The summed E-state index contributed by atoms with van der Waals surface area (Å²) < 4.78 is 6.80. The average Bonchev–Trinajstić information content (AvgIpc) is 2.71. The number of benzene rings is 1. The molecule has 1 aromatic rings. The molecule has 0 aromatic heterocycles. The maximum Gasteiger partial charge on any atom is 0.127 e. The van der Waals surface area contributed by atoms with Gasteiger partial charge in [0.25, 0.3) is 0 Å². The number of rotatable bonds is 5. The molecule has 0 radical (unpaired) electrons. The molecule has 1 heterocycles. The van der Waals surface area contributed by atoms with Crippen molar-refractivity contribution in [3.8, 4) is 5.75 Å². The van der Waals surface area contributed by atoms with E-state index in [2.05, 4.69) is 33.4 Å². The van der Waals surface area contributed by atoms with E-state index in [1.165, 1.54) is 11.1 Å². The van der Waals surface area contributed by atoms with Crippen molar-refractivity contribution in [3.05, 3.63) is 27.7 Å². The molecule has 1 aliphatic heterocycles. The Morgan fingerprint density at radius 3 is 3.12 bits per heavy atom. The van der Waals surface area contributed by atoms with Crippen molar-refractivity contribution in [2.24, 2.45) is 0 Å². The highest BCUT2D eigenvalue weighted by molar-refractivity contribution is 9.10. The van der Waals surface area contributed by atoms with Crippen LogP contribution in [-0.4, -0.2) is 18.5 Å². The third kappa shape index (κ3) is 3.60. The highest BCUT2D eigenvalue weighted by Crippen LogP contribution is 2.32. The Balaban J connectivity index is 1.96. The molecule has 2 nitrogen and oxygen atoms in total. The minimum atomic E-state index is 0.229. The molecule has 1 aromatic carbocycles. The van der Waals surface area contributed by atoms with Crippen molar-refractivity contribution < 1.29 is 4.74 Å². The first-order valence-electron chi connectivity index (χ1n) is 5.95. The fraction of sp³-hybridized carbons (Fsp3) is 0.538. The van der Waals surface area contributed by atoms with Gasteiger partial charge in [-0.15, -0.1) is 11.6 Å². The number of alkyl halides is 1. The molecule has 1 atom stereocenters. The molecular formula is C13H17BrClNO. The second-order valence-corrected chi connectivity index (χ2v) is 6.06. The smallest absolute Gasteiger partial charge is 0.127 e. The molecule has 0 saturated carbocycles. The van der Waals surface area contributed by atoms with Crippen molar-refractivity contribution in [2.75, 3.05) is 13.2 Å².